The van der Waals surface area contributed by atoms with Gasteiger partial charge < -0.3 is 30.3 Å². The van der Waals surface area contributed by atoms with Gasteiger partial charge in [0.25, 0.3) is 5.91 Å². The number of nitrogens with one attached hydrogen (secondary N) is 3. The Morgan fingerprint density at radius 3 is 2.26 bits per heavy atom. The Balaban J connectivity index is 2.72. The Morgan fingerprint density at radius 2 is 1.69 bits per heavy atom. The van der Waals surface area contributed by atoms with Gasteiger partial charge in [0.1, 0.15) is 17.9 Å². The van der Waals surface area contributed by atoms with Crippen LogP contribution in [-0.4, -0.2) is 65.3 Å². The molecule has 0 saturated carbocycles. The van der Waals surface area contributed by atoms with Crippen molar-refractivity contribution in [1.82, 2.24) is 16.0 Å². The highest BCUT2D eigenvalue weighted by Crippen LogP contribution is 2.15. The van der Waals surface area contributed by atoms with Gasteiger partial charge in [-0.05, 0) is 39.2 Å². The van der Waals surface area contributed by atoms with E-state index in [-0.39, 0.29) is 13.2 Å². The first kappa shape index (κ1) is 30.3. The molecule has 0 fully saturated rings. The highest BCUT2D eigenvalue weighted by molar-refractivity contribution is 5.82. The van der Waals surface area contributed by atoms with E-state index >= 15 is 0 Å². The van der Waals surface area contributed by atoms with Gasteiger partial charge in [0.05, 0.1) is 19.2 Å². The van der Waals surface area contributed by atoms with Crippen LogP contribution < -0.4 is 16.0 Å². The van der Waals surface area contributed by atoms with Crippen LogP contribution >= 0.6 is 0 Å². The van der Waals surface area contributed by atoms with Crippen LogP contribution in [0.15, 0.2) is 30.3 Å². The molecule has 0 radical (unpaired) electrons. The molecule has 198 valence electrons. The summed E-state index contributed by atoms with van der Waals surface area (Å²) in [7, 11) is 0. The van der Waals surface area contributed by atoms with E-state index < -0.39 is 48.0 Å². The second-order valence-corrected chi connectivity index (χ2v) is 9.28. The van der Waals surface area contributed by atoms with E-state index in [9.17, 15) is 24.6 Å². The quantitative estimate of drug-likeness (QED) is 0.150. The van der Waals surface area contributed by atoms with Gasteiger partial charge >= 0.3 is 12.1 Å². The van der Waals surface area contributed by atoms with Crippen molar-refractivity contribution in [2.24, 2.45) is 0 Å². The summed E-state index contributed by atoms with van der Waals surface area (Å²) in [5, 5.41) is 28.7. The summed E-state index contributed by atoms with van der Waals surface area (Å²) in [4.78, 5) is 37.2. The highest BCUT2D eigenvalue weighted by atomic mass is 16.6. The summed E-state index contributed by atoms with van der Waals surface area (Å²) in [5.74, 6) is -1.32. The Kier molecular flexibility index (Phi) is 13.3. The molecule has 10 nitrogen and oxygen atoms in total. The van der Waals surface area contributed by atoms with E-state index in [0.29, 0.717) is 18.4 Å². The average Bonchev–Trinajstić information content (AvgIpc) is 2.79. The van der Waals surface area contributed by atoms with Gasteiger partial charge in [-0.1, -0.05) is 57.0 Å². The molecule has 0 aromatic heterocycles. The second kappa shape index (κ2) is 15.3. The molecule has 0 aliphatic carbocycles. The topological polar surface area (TPSA) is 146 Å². The van der Waals surface area contributed by atoms with E-state index in [2.05, 4.69) is 16.0 Å². The number of hydrogen-bond donors (Lipinski definition) is 5. The number of hydrogen-bond acceptors (Lipinski definition) is 8. The number of benzene rings is 1. The zero-order valence-corrected chi connectivity index (χ0v) is 21.4. The lowest BCUT2D eigenvalue weighted by Gasteiger charge is -2.26. The minimum atomic E-state index is -1.56. The number of carbonyl (C=O) groups excluding carboxylic acids is 3. The van der Waals surface area contributed by atoms with Gasteiger partial charge in [-0.3, -0.25) is 10.1 Å². The van der Waals surface area contributed by atoms with Gasteiger partial charge in [0.2, 0.25) is 0 Å². The smallest absolute Gasteiger partial charge is 0.407 e. The highest BCUT2D eigenvalue weighted by Gasteiger charge is 2.30. The SMILES string of the molecule is CCCCOC(=O)[C@@H](N[C@H](O)CNC(=O)C(O)C(CCC)NC(=O)OC(C)(C)C)c1ccccc1. The molecule has 0 heterocycles. The molecule has 0 aliphatic rings. The fourth-order valence-corrected chi connectivity index (χ4v) is 3.16. The zero-order chi connectivity index (χ0) is 26.4. The van der Waals surface area contributed by atoms with Gasteiger partial charge in [0.15, 0.2) is 6.10 Å². The fourth-order valence-electron chi connectivity index (χ4n) is 3.16. The molecule has 2 unspecified atom stereocenters. The van der Waals surface area contributed by atoms with Crippen molar-refractivity contribution in [3.63, 3.8) is 0 Å². The third-order valence-corrected chi connectivity index (χ3v) is 4.89. The molecule has 1 aromatic carbocycles. The van der Waals surface area contributed by atoms with Crippen molar-refractivity contribution in [3.8, 4) is 0 Å². The first-order chi connectivity index (χ1) is 16.5. The molecule has 1 rings (SSSR count). The molecule has 0 saturated heterocycles. The third-order valence-electron chi connectivity index (χ3n) is 4.89. The van der Waals surface area contributed by atoms with Crippen LogP contribution in [0.1, 0.15) is 71.9 Å². The number of amides is 2. The Labute approximate surface area is 207 Å². The molecule has 0 spiro atoms. The van der Waals surface area contributed by atoms with Crippen LogP contribution in [0.2, 0.25) is 0 Å². The Morgan fingerprint density at radius 1 is 1.03 bits per heavy atom. The lowest BCUT2D eigenvalue weighted by atomic mass is 10.1. The summed E-state index contributed by atoms with van der Waals surface area (Å²) in [5.41, 5.74) is -0.124. The first-order valence-electron chi connectivity index (χ1n) is 12.1. The fraction of sp³-hybridized carbons (Fsp3) is 0.640. The van der Waals surface area contributed by atoms with Crippen LogP contribution in [0, 0.1) is 0 Å². The lowest BCUT2D eigenvalue weighted by molar-refractivity contribution is -0.147. The normalized spacial score (nSPS) is 14.8. The van der Waals surface area contributed by atoms with E-state index in [1.807, 2.05) is 13.8 Å². The molecular formula is C25H41N3O7. The largest absolute Gasteiger partial charge is 0.464 e. The number of aliphatic hydroxyl groups excluding tert-OH is 2. The second-order valence-electron chi connectivity index (χ2n) is 9.28. The van der Waals surface area contributed by atoms with Crippen molar-refractivity contribution in [1.29, 1.82) is 0 Å². The van der Waals surface area contributed by atoms with Crippen LogP contribution in [0.4, 0.5) is 4.79 Å². The van der Waals surface area contributed by atoms with Gasteiger partial charge in [-0.2, -0.15) is 0 Å². The van der Waals surface area contributed by atoms with E-state index in [1.54, 1.807) is 51.1 Å². The maximum Gasteiger partial charge on any atom is 0.407 e. The molecule has 35 heavy (non-hydrogen) atoms. The molecule has 0 aliphatic heterocycles. The number of esters is 1. The van der Waals surface area contributed by atoms with E-state index in [1.165, 1.54) is 0 Å². The van der Waals surface area contributed by atoms with Crippen molar-refractivity contribution in [2.75, 3.05) is 13.2 Å². The molecular weight excluding hydrogens is 454 g/mol. The summed E-state index contributed by atoms with van der Waals surface area (Å²) < 4.78 is 10.5. The summed E-state index contributed by atoms with van der Waals surface area (Å²) in [6.45, 7) is 8.94. The van der Waals surface area contributed by atoms with Gasteiger partial charge in [-0.15, -0.1) is 0 Å². The number of ether oxygens (including phenoxy) is 2. The lowest BCUT2D eigenvalue weighted by Crippen LogP contribution is -2.53. The maximum absolute atomic E-state index is 12.6. The Hall–Kier alpha value is -2.69. The van der Waals surface area contributed by atoms with Crippen molar-refractivity contribution >= 4 is 18.0 Å². The number of alkyl carbamates (subject to hydrolysis) is 1. The third kappa shape index (κ3) is 12.0. The molecule has 1 aromatic rings. The standard InChI is InChI=1S/C25H41N3O7/c1-6-8-15-34-23(32)20(17-13-10-9-11-14-17)28-19(29)16-26-22(31)21(30)18(12-7-2)27-24(33)35-25(3,4)5/h9-11,13-14,18-21,28-30H,6-8,12,15-16H2,1-5H3,(H,26,31)(H,27,33)/t18?,19-,20+,21?/m1/s1. The maximum atomic E-state index is 12.6. The van der Waals surface area contributed by atoms with Crippen molar-refractivity contribution in [2.45, 2.75) is 90.3 Å². The molecule has 2 amide bonds. The summed E-state index contributed by atoms with van der Waals surface area (Å²) in [6, 6.07) is 6.98. The minimum Gasteiger partial charge on any atom is -0.464 e. The monoisotopic (exact) mass is 495 g/mol. The molecule has 0 bridgehead atoms. The zero-order valence-electron chi connectivity index (χ0n) is 21.4. The minimum absolute atomic E-state index is 0.267. The van der Waals surface area contributed by atoms with E-state index in [4.69, 9.17) is 9.47 Å². The van der Waals surface area contributed by atoms with Gasteiger partial charge in [0, 0.05) is 0 Å². The predicted octanol–water partition coefficient (Wildman–Crippen LogP) is 2.15. The van der Waals surface area contributed by atoms with Crippen LogP contribution in [0.5, 0.6) is 0 Å². The summed E-state index contributed by atoms with van der Waals surface area (Å²) in [6.07, 6.45) is -1.06. The average molecular weight is 496 g/mol. The predicted molar refractivity (Wildman–Crippen MR) is 131 cm³/mol. The van der Waals surface area contributed by atoms with Crippen LogP contribution in [-0.2, 0) is 19.1 Å². The van der Waals surface area contributed by atoms with Crippen LogP contribution in [0.25, 0.3) is 0 Å². The number of unbranched alkanes of at least 4 members (excludes halogenated alkanes) is 1. The van der Waals surface area contributed by atoms with Crippen LogP contribution in [0.3, 0.4) is 0 Å². The molecule has 5 N–H and O–H groups in total. The summed E-state index contributed by atoms with van der Waals surface area (Å²) >= 11 is 0. The molecule has 10 heteroatoms. The number of rotatable bonds is 14. The van der Waals surface area contributed by atoms with Crippen molar-refractivity contribution in [3.05, 3.63) is 35.9 Å². The first-order valence-corrected chi connectivity index (χ1v) is 12.1. The van der Waals surface area contributed by atoms with Gasteiger partial charge in [-0.25, -0.2) is 9.59 Å². The number of carbonyl (C=O) groups is 3. The molecule has 4 atom stereocenters. The Bertz CT molecular complexity index is 783. The number of aliphatic hydroxyl groups is 2. The van der Waals surface area contributed by atoms with E-state index in [0.717, 1.165) is 12.8 Å². The van der Waals surface area contributed by atoms with Crippen molar-refractivity contribution < 1.29 is 34.1 Å².